The average molecular weight is 353 g/mol. The van der Waals surface area contributed by atoms with Crippen molar-refractivity contribution < 1.29 is 5.11 Å². The zero-order chi connectivity index (χ0) is 16.6. The van der Waals surface area contributed by atoms with Crippen LogP contribution in [0.1, 0.15) is 6.92 Å². The van der Waals surface area contributed by atoms with Crippen molar-refractivity contribution in [2.24, 2.45) is 4.99 Å². The summed E-state index contributed by atoms with van der Waals surface area (Å²) in [4.78, 5) is 12.9. The van der Waals surface area contributed by atoms with E-state index < -0.39 is 0 Å². The number of benzene rings is 1. The van der Waals surface area contributed by atoms with Crippen LogP contribution in [0, 0.1) is 0 Å². The maximum atomic E-state index is 9.41. The first-order chi connectivity index (χ1) is 11.0. The van der Waals surface area contributed by atoms with Gasteiger partial charge in [-0.15, -0.1) is 0 Å². The number of aliphatic hydroxyl groups excluding tert-OH is 1. The first-order valence-corrected chi connectivity index (χ1v) is 8.17. The Bertz CT molecular complexity index is 765. The molecule has 0 radical (unpaired) electrons. The van der Waals surface area contributed by atoms with Gasteiger partial charge in [0.1, 0.15) is 5.82 Å². The number of aliphatic imine (C=N–C) groups is 1. The van der Waals surface area contributed by atoms with E-state index >= 15 is 0 Å². The summed E-state index contributed by atoms with van der Waals surface area (Å²) in [7, 11) is 1.90. The smallest absolute Gasteiger partial charge is 0.131 e. The molecule has 0 fully saturated rings. The van der Waals surface area contributed by atoms with E-state index in [1.54, 1.807) is 6.07 Å². The van der Waals surface area contributed by atoms with Gasteiger partial charge >= 0.3 is 0 Å². The van der Waals surface area contributed by atoms with Crippen molar-refractivity contribution in [1.82, 2.24) is 4.98 Å². The number of anilines is 2. The molecule has 0 saturated heterocycles. The zero-order valence-corrected chi connectivity index (χ0v) is 14.5. The molecule has 1 atom stereocenters. The maximum Gasteiger partial charge on any atom is 0.131 e. The molecular weight excluding hydrogens is 335 g/mol. The van der Waals surface area contributed by atoms with Gasteiger partial charge in [-0.25, -0.2) is 4.98 Å². The molecule has 0 amide bonds. The van der Waals surface area contributed by atoms with Crippen LogP contribution in [0.4, 0.5) is 11.5 Å². The van der Waals surface area contributed by atoms with E-state index in [1.807, 2.05) is 37.3 Å². The van der Waals surface area contributed by atoms with E-state index in [2.05, 4.69) is 14.9 Å². The number of hydrogen-bond donors (Lipinski definition) is 1. The highest BCUT2D eigenvalue weighted by Gasteiger charge is 2.19. The second kappa shape index (κ2) is 6.51. The lowest BCUT2D eigenvalue weighted by molar-refractivity contribution is 0.270. The van der Waals surface area contributed by atoms with Gasteiger partial charge in [-0.2, -0.15) is 0 Å². The molecule has 0 aliphatic carbocycles. The Labute approximate surface area is 145 Å². The van der Waals surface area contributed by atoms with Crippen LogP contribution in [0.2, 0.25) is 10.0 Å². The molecule has 1 N–H and O–H groups in total. The van der Waals surface area contributed by atoms with Crippen molar-refractivity contribution in [2.75, 3.05) is 36.5 Å². The summed E-state index contributed by atoms with van der Waals surface area (Å²) in [6.07, 6.45) is 1.83. The zero-order valence-electron chi connectivity index (χ0n) is 13.0. The molecule has 1 aromatic heterocycles. The number of pyridine rings is 1. The molecule has 0 saturated carbocycles. The molecule has 0 spiro atoms. The van der Waals surface area contributed by atoms with Crippen LogP contribution in [-0.2, 0) is 0 Å². The largest absolute Gasteiger partial charge is 0.394 e. The van der Waals surface area contributed by atoms with Gasteiger partial charge < -0.3 is 14.9 Å². The molecule has 5 nitrogen and oxygen atoms in total. The van der Waals surface area contributed by atoms with E-state index in [9.17, 15) is 5.11 Å². The molecule has 2 aromatic rings. The lowest BCUT2D eigenvalue weighted by Gasteiger charge is -2.27. The van der Waals surface area contributed by atoms with E-state index in [0.29, 0.717) is 15.6 Å². The van der Waals surface area contributed by atoms with Gasteiger partial charge in [-0.3, -0.25) is 4.99 Å². The summed E-state index contributed by atoms with van der Waals surface area (Å²) >= 11 is 12.5. The van der Waals surface area contributed by atoms with Crippen LogP contribution in [0.15, 0.2) is 23.2 Å². The van der Waals surface area contributed by atoms with Crippen LogP contribution in [0.5, 0.6) is 0 Å². The number of likely N-dealkylation sites (N-methyl/N-ethyl adjacent to an activating group) is 1. The van der Waals surface area contributed by atoms with Crippen LogP contribution >= 0.6 is 23.2 Å². The van der Waals surface area contributed by atoms with Crippen molar-refractivity contribution >= 4 is 51.9 Å². The lowest BCUT2D eigenvalue weighted by Crippen LogP contribution is -2.32. The van der Waals surface area contributed by atoms with Gasteiger partial charge in [-0.05, 0) is 19.1 Å². The van der Waals surface area contributed by atoms with Crippen molar-refractivity contribution in [1.29, 1.82) is 0 Å². The topological polar surface area (TPSA) is 52.0 Å². The number of nitrogens with zero attached hydrogens (tertiary/aromatic N) is 4. The van der Waals surface area contributed by atoms with Gasteiger partial charge in [0, 0.05) is 25.0 Å². The second-order valence-corrected chi connectivity index (χ2v) is 6.40. The number of rotatable bonds is 4. The summed E-state index contributed by atoms with van der Waals surface area (Å²) in [5.74, 6) is 0.735. The van der Waals surface area contributed by atoms with Gasteiger partial charge in [0.15, 0.2) is 0 Å². The quantitative estimate of drug-likeness (QED) is 0.917. The SMILES string of the molecule is C[C@@H](CO)N(C)c1cc(N2C=NCC2)c2ccc(Cl)c(Cl)c2n1. The van der Waals surface area contributed by atoms with Crippen LogP contribution in [-0.4, -0.2) is 49.2 Å². The highest BCUT2D eigenvalue weighted by molar-refractivity contribution is 6.45. The van der Waals surface area contributed by atoms with E-state index in [-0.39, 0.29) is 12.6 Å². The molecule has 1 aliphatic rings. The van der Waals surface area contributed by atoms with Crippen molar-refractivity contribution in [3.05, 3.63) is 28.2 Å². The molecule has 2 heterocycles. The number of halogens is 2. The minimum atomic E-state index is -0.0574. The molecule has 0 bridgehead atoms. The molecule has 23 heavy (non-hydrogen) atoms. The summed E-state index contributed by atoms with van der Waals surface area (Å²) in [5, 5.41) is 11.3. The Hall–Kier alpha value is -1.56. The molecular formula is C16H18Cl2N4O. The van der Waals surface area contributed by atoms with Crippen molar-refractivity contribution in [2.45, 2.75) is 13.0 Å². The number of aromatic nitrogens is 1. The average Bonchev–Trinajstić information content (AvgIpc) is 3.10. The third kappa shape index (κ3) is 2.96. The Balaban J connectivity index is 2.22. The van der Waals surface area contributed by atoms with E-state index in [1.165, 1.54) is 0 Å². The van der Waals surface area contributed by atoms with Crippen LogP contribution < -0.4 is 9.80 Å². The normalized spacial score (nSPS) is 15.4. The molecule has 0 unspecified atom stereocenters. The summed E-state index contributed by atoms with van der Waals surface area (Å²) in [6, 6.07) is 5.65. The predicted molar refractivity (Wildman–Crippen MR) is 97.4 cm³/mol. The lowest BCUT2D eigenvalue weighted by atomic mass is 10.1. The van der Waals surface area contributed by atoms with Gasteiger partial charge in [-0.1, -0.05) is 23.2 Å². The Morgan fingerprint density at radius 3 is 2.83 bits per heavy atom. The third-order valence-corrected chi connectivity index (χ3v) is 4.92. The minimum Gasteiger partial charge on any atom is -0.394 e. The van der Waals surface area contributed by atoms with Crippen molar-refractivity contribution in [3.8, 4) is 0 Å². The first-order valence-electron chi connectivity index (χ1n) is 7.42. The summed E-state index contributed by atoms with van der Waals surface area (Å²) in [6.45, 7) is 3.56. The predicted octanol–water partition coefficient (Wildman–Crippen LogP) is 3.21. The van der Waals surface area contributed by atoms with E-state index in [4.69, 9.17) is 23.2 Å². The van der Waals surface area contributed by atoms with Crippen molar-refractivity contribution in [3.63, 3.8) is 0 Å². The van der Waals surface area contributed by atoms with Gasteiger partial charge in [0.2, 0.25) is 0 Å². The monoisotopic (exact) mass is 352 g/mol. The Kier molecular flexibility index (Phi) is 4.62. The second-order valence-electron chi connectivity index (χ2n) is 5.61. The summed E-state index contributed by atoms with van der Waals surface area (Å²) in [5.41, 5.74) is 1.64. The van der Waals surface area contributed by atoms with Crippen LogP contribution in [0.25, 0.3) is 10.9 Å². The fraction of sp³-hybridized carbons (Fsp3) is 0.375. The highest BCUT2D eigenvalue weighted by atomic mass is 35.5. The fourth-order valence-electron chi connectivity index (χ4n) is 2.53. The van der Waals surface area contributed by atoms with Crippen LogP contribution in [0.3, 0.4) is 0 Å². The molecule has 3 rings (SSSR count). The minimum absolute atomic E-state index is 0.0417. The number of fused-ring (bicyclic) bond motifs is 1. The molecule has 1 aliphatic heterocycles. The fourth-order valence-corrected chi connectivity index (χ4v) is 2.89. The van der Waals surface area contributed by atoms with Gasteiger partial charge in [0.25, 0.3) is 0 Å². The summed E-state index contributed by atoms with van der Waals surface area (Å²) < 4.78 is 0. The third-order valence-electron chi connectivity index (χ3n) is 4.12. The number of aliphatic hydroxyl groups is 1. The standard InChI is InChI=1S/C16H18Cl2N4O/c1-10(8-23)21(2)14-7-13(22-6-5-19-9-22)11-3-4-12(17)15(18)16(11)20-14/h3-4,7,9-10,23H,5-6,8H2,1-2H3/t10-/m0/s1. The maximum absolute atomic E-state index is 9.41. The van der Waals surface area contributed by atoms with Gasteiger partial charge in [0.05, 0.1) is 46.8 Å². The highest BCUT2D eigenvalue weighted by Crippen LogP contribution is 2.37. The Morgan fingerprint density at radius 1 is 1.39 bits per heavy atom. The number of hydrogen-bond acceptors (Lipinski definition) is 5. The Morgan fingerprint density at radius 2 is 2.17 bits per heavy atom. The molecule has 7 heteroatoms. The molecule has 1 aromatic carbocycles. The first kappa shape index (κ1) is 16.3. The van der Waals surface area contributed by atoms with E-state index in [0.717, 1.165) is 30.0 Å². The molecule has 122 valence electrons.